The van der Waals surface area contributed by atoms with Gasteiger partial charge in [-0.25, -0.2) is 18.7 Å². The molecule has 1 N–H and O–H groups in total. The van der Waals surface area contributed by atoms with Gasteiger partial charge in [-0.3, -0.25) is 9.36 Å². The molecule has 0 aliphatic carbocycles. The Labute approximate surface area is 181 Å². The van der Waals surface area contributed by atoms with Crippen LogP contribution in [0.3, 0.4) is 0 Å². The van der Waals surface area contributed by atoms with Crippen LogP contribution in [0.25, 0.3) is 5.69 Å². The summed E-state index contributed by atoms with van der Waals surface area (Å²) in [6, 6.07) is 4.76. The Morgan fingerprint density at radius 1 is 1.22 bits per heavy atom. The molecule has 0 atom stereocenters. The quantitative estimate of drug-likeness (QED) is 0.437. The number of nitrogens with one attached hydrogen (secondary N) is 1. The van der Waals surface area contributed by atoms with Crippen LogP contribution in [0.5, 0.6) is 11.5 Å². The number of alkyl halides is 3. The lowest BCUT2D eigenvalue weighted by Gasteiger charge is -2.16. The maximum atomic E-state index is 14.6. The number of carbonyl (C=O) groups is 1. The first kappa shape index (κ1) is 23.0. The monoisotopic (exact) mass is 472 g/mol. The number of pyridine rings is 1. The van der Waals surface area contributed by atoms with Gasteiger partial charge in [-0.15, -0.1) is 0 Å². The molecule has 13 heteroatoms. The fourth-order valence-corrected chi connectivity index (χ4v) is 2.94. The number of aldehydes is 1. The van der Waals surface area contributed by atoms with E-state index in [0.717, 1.165) is 19.2 Å². The molecule has 0 amide bonds. The van der Waals surface area contributed by atoms with Crippen LogP contribution >= 0.6 is 11.6 Å². The molecule has 32 heavy (non-hydrogen) atoms. The van der Waals surface area contributed by atoms with E-state index in [1.54, 1.807) is 0 Å². The molecule has 1 aromatic carbocycles. The number of aromatic nitrogens is 3. The van der Waals surface area contributed by atoms with Gasteiger partial charge in [0.2, 0.25) is 0 Å². The highest BCUT2D eigenvalue weighted by atomic mass is 35.5. The lowest BCUT2D eigenvalue weighted by atomic mass is 10.2. The van der Waals surface area contributed by atoms with Crippen molar-refractivity contribution in [2.75, 3.05) is 11.9 Å². The van der Waals surface area contributed by atoms with E-state index in [4.69, 9.17) is 16.3 Å². The van der Waals surface area contributed by atoms with Crippen LogP contribution in [-0.4, -0.2) is 26.9 Å². The molecule has 2 aromatic heterocycles. The molecule has 0 bridgehead atoms. The third kappa shape index (κ3) is 4.49. The van der Waals surface area contributed by atoms with Gasteiger partial charge in [0, 0.05) is 25.4 Å². The Morgan fingerprint density at radius 3 is 2.59 bits per heavy atom. The number of rotatable bonds is 6. The summed E-state index contributed by atoms with van der Waals surface area (Å²) in [5.74, 6) is -1.16. The lowest BCUT2D eigenvalue weighted by molar-refractivity contribution is -0.144. The minimum atomic E-state index is -4.97. The topological polar surface area (TPSA) is 95.2 Å². The van der Waals surface area contributed by atoms with E-state index >= 15 is 0 Å². The van der Waals surface area contributed by atoms with Crippen LogP contribution in [0.1, 0.15) is 5.69 Å². The summed E-state index contributed by atoms with van der Waals surface area (Å²) in [4.78, 5) is 39.3. The molecule has 0 saturated carbocycles. The largest absolute Gasteiger partial charge is 0.452 e. The van der Waals surface area contributed by atoms with Gasteiger partial charge in [0.1, 0.15) is 23.5 Å². The number of ether oxygens (including phenoxy) is 1. The lowest BCUT2D eigenvalue weighted by Crippen LogP contribution is -2.41. The Morgan fingerprint density at radius 2 is 1.94 bits per heavy atom. The minimum Gasteiger partial charge on any atom is -0.452 e. The van der Waals surface area contributed by atoms with E-state index < -0.39 is 34.6 Å². The SMILES string of the molecule is Cn1c(C(F)(F)F)cc(=O)n(-c2cc(Oc3cccnc3NCC=O)c(Cl)cc2F)c1=O. The van der Waals surface area contributed by atoms with Crippen molar-refractivity contribution in [3.05, 3.63) is 73.9 Å². The molecule has 168 valence electrons. The number of nitrogens with zero attached hydrogens (tertiary/aromatic N) is 3. The van der Waals surface area contributed by atoms with Crippen LogP contribution in [0.15, 0.2) is 46.1 Å². The fraction of sp³-hybridized carbons (Fsp3) is 0.158. The number of hydrogen-bond donors (Lipinski definition) is 1. The van der Waals surface area contributed by atoms with Crippen LogP contribution in [0.2, 0.25) is 5.02 Å². The van der Waals surface area contributed by atoms with E-state index in [2.05, 4.69) is 10.3 Å². The van der Waals surface area contributed by atoms with Crippen LogP contribution < -0.4 is 21.3 Å². The van der Waals surface area contributed by atoms with Crippen molar-refractivity contribution in [1.82, 2.24) is 14.1 Å². The molecule has 0 radical (unpaired) electrons. The summed E-state index contributed by atoms with van der Waals surface area (Å²) >= 11 is 6.01. The second-order valence-corrected chi connectivity index (χ2v) is 6.68. The Balaban J connectivity index is 2.14. The molecule has 3 aromatic rings. The van der Waals surface area contributed by atoms with Crippen molar-refractivity contribution in [2.24, 2.45) is 7.05 Å². The number of hydrogen-bond acceptors (Lipinski definition) is 6. The van der Waals surface area contributed by atoms with Gasteiger partial charge in [-0.1, -0.05) is 11.6 Å². The first-order chi connectivity index (χ1) is 15.0. The van der Waals surface area contributed by atoms with Gasteiger partial charge in [-0.05, 0) is 18.2 Å². The Kier molecular flexibility index (Phi) is 6.35. The number of anilines is 1. The average Bonchev–Trinajstić information content (AvgIpc) is 2.72. The van der Waals surface area contributed by atoms with Gasteiger partial charge in [-0.2, -0.15) is 13.2 Å². The summed E-state index contributed by atoms with van der Waals surface area (Å²) in [5, 5.41) is 2.41. The first-order valence-corrected chi connectivity index (χ1v) is 9.12. The van der Waals surface area contributed by atoms with Crippen molar-refractivity contribution in [2.45, 2.75) is 6.18 Å². The van der Waals surface area contributed by atoms with Gasteiger partial charge in [0.15, 0.2) is 11.6 Å². The predicted octanol–water partition coefficient (Wildman–Crippen LogP) is 3.15. The summed E-state index contributed by atoms with van der Waals surface area (Å²) in [6.45, 7) is -0.0905. The van der Waals surface area contributed by atoms with Crippen molar-refractivity contribution in [1.29, 1.82) is 0 Å². The molecular formula is C19H13ClF4N4O4. The highest BCUT2D eigenvalue weighted by Gasteiger charge is 2.35. The maximum Gasteiger partial charge on any atom is 0.431 e. The zero-order chi connectivity index (χ0) is 23.6. The van der Waals surface area contributed by atoms with Gasteiger partial charge < -0.3 is 14.8 Å². The number of halogens is 5. The molecule has 2 heterocycles. The summed E-state index contributed by atoms with van der Waals surface area (Å²) in [5.41, 5.74) is -4.99. The van der Waals surface area contributed by atoms with E-state index in [9.17, 15) is 31.9 Å². The standard InChI is InChI=1S/C19H13ClF4N4O4/c1-27-15(19(22,23)24)9-16(30)28(18(27)31)12-8-14(10(20)7-11(12)21)32-13-3-2-4-25-17(13)26-5-6-29/h2-4,6-9H,5H2,1H3,(H,25,26). The fourth-order valence-electron chi connectivity index (χ4n) is 2.75. The molecule has 0 aliphatic heterocycles. The van der Waals surface area contributed by atoms with Crippen LogP contribution in [-0.2, 0) is 18.0 Å². The van der Waals surface area contributed by atoms with E-state index in [1.807, 2.05) is 0 Å². The number of benzene rings is 1. The van der Waals surface area contributed by atoms with Crippen LogP contribution in [0.4, 0.5) is 23.4 Å². The smallest absolute Gasteiger partial charge is 0.431 e. The van der Waals surface area contributed by atoms with Gasteiger partial charge in [0.25, 0.3) is 5.56 Å². The van der Waals surface area contributed by atoms with E-state index in [0.29, 0.717) is 6.29 Å². The van der Waals surface area contributed by atoms with Crippen molar-refractivity contribution in [3.63, 3.8) is 0 Å². The zero-order valence-corrected chi connectivity index (χ0v) is 16.9. The second kappa shape index (κ2) is 8.83. The highest BCUT2D eigenvalue weighted by Crippen LogP contribution is 2.35. The summed E-state index contributed by atoms with van der Waals surface area (Å²) < 4.78 is 59.8. The third-order valence-corrected chi connectivity index (χ3v) is 4.49. The van der Waals surface area contributed by atoms with E-state index in [-0.39, 0.29) is 44.1 Å². The average molecular weight is 473 g/mol. The third-order valence-electron chi connectivity index (χ3n) is 4.20. The first-order valence-electron chi connectivity index (χ1n) is 8.74. The predicted molar refractivity (Wildman–Crippen MR) is 106 cm³/mol. The van der Waals surface area contributed by atoms with E-state index in [1.165, 1.54) is 18.3 Å². The molecule has 8 nitrogen and oxygen atoms in total. The highest BCUT2D eigenvalue weighted by molar-refractivity contribution is 6.32. The molecule has 0 unspecified atom stereocenters. The molecule has 3 rings (SSSR count). The summed E-state index contributed by atoms with van der Waals surface area (Å²) in [6.07, 6.45) is -2.98. The van der Waals surface area contributed by atoms with Gasteiger partial charge in [0.05, 0.1) is 17.3 Å². The molecule has 0 aliphatic rings. The minimum absolute atomic E-state index is 0.0708. The molecule has 0 spiro atoms. The van der Waals surface area contributed by atoms with Crippen molar-refractivity contribution < 1.29 is 27.1 Å². The maximum absolute atomic E-state index is 14.6. The van der Waals surface area contributed by atoms with Crippen molar-refractivity contribution >= 4 is 23.7 Å². The van der Waals surface area contributed by atoms with Gasteiger partial charge >= 0.3 is 11.9 Å². The molecular weight excluding hydrogens is 460 g/mol. The van der Waals surface area contributed by atoms with Crippen molar-refractivity contribution in [3.8, 4) is 17.2 Å². The Bertz CT molecular complexity index is 1300. The Hall–Kier alpha value is -3.67. The second-order valence-electron chi connectivity index (χ2n) is 6.28. The molecule has 0 fully saturated rings. The normalized spacial score (nSPS) is 11.3. The zero-order valence-electron chi connectivity index (χ0n) is 16.1. The van der Waals surface area contributed by atoms with Crippen LogP contribution in [0, 0.1) is 5.82 Å². The number of carbonyl (C=O) groups excluding carboxylic acids is 1. The summed E-state index contributed by atoms with van der Waals surface area (Å²) in [7, 11) is 0.799. The molecule has 0 saturated heterocycles.